The maximum absolute atomic E-state index is 14.7. The standard InChI is InChI=1S/C39H56N4O7/c1-8-26-31-20-43(32(26)37(45)48-21-22(2)3)36(44)34(39(4,5)6)42-38(46)50-33-24-15-14-23(18-24)27(33)12-10-9-11-13-29-35(49-31)41-30-19-25(47-7)16-17-28(30)40-29/h16-17,19,22-24,26-27,31-34H,8-15,18,20-21H2,1-7H3,(H,42,46). The van der Waals surface area contributed by atoms with Gasteiger partial charge in [0.05, 0.1) is 31.3 Å². The Morgan fingerprint density at radius 2 is 1.82 bits per heavy atom. The Morgan fingerprint density at radius 1 is 1.04 bits per heavy atom. The molecular weight excluding hydrogens is 636 g/mol. The highest BCUT2D eigenvalue weighted by Crippen LogP contribution is 2.51. The van der Waals surface area contributed by atoms with Gasteiger partial charge in [-0.15, -0.1) is 0 Å². The van der Waals surface area contributed by atoms with Gasteiger partial charge in [-0.3, -0.25) is 4.79 Å². The minimum Gasteiger partial charge on any atom is -0.497 e. The van der Waals surface area contributed by atoms with Crippen LogP contribution in [0.2, 0.25) is 0 Å². The van der Waals surface area contributed by atoms with Crippen LogP contribution < -0.4 is 14.8 Å². The van der Waals surface area contributed by atoms with Gasteiger partial charge in [-0.2, -0.15) is 0 Å². The summed E-state index contributed by atoms with van der Waals surface area (Å²) in [5, 5.41) is 2.98. The van der Waals surface area contributed by atoms with Crippen molar-refractivity contribution < 1.29 is 33.3 Å². The Morgan fingerprint density at radius 3 is 2.54 bits per heavy atom. The lowest BCUT2D eigenvalue weighted by molar-refractivity contribution is -0.157. The Kier molecular flexibility index (Phi) is 10.8. The summed E-state index contributed by atoms with van der Waals surface area (Å²) in [7, 11) is 1.62. The van der Waals surface area contributed by atoms with Gasteiger partial charge >= 0.3 is 12.1 Å². The van der Waals surface area contributed by atoms with E-state index in [9.17, 15) is 14.4 Å². The maximum Gasteiger partial charge on any atom is 0.408 e. The van der Waals surface area contributed by atoms with Crippen molar-refractivity contribution in [1.29, 1.82) is 0 Å². The molecule has 6 rings (SSSR count). The van der Waals surface area contributed by atoms with Crippen LogP contribution in [0.25, 0.3) is 11.0 Å². The van der Waals surface area contributed by atoms with Crippen molar-refractivity contribution in [1.82, 2.24) is 20.2 Å². The second-order valence-electron chi connectivity index (χ2n) is 16.4. The molecule has 4 bridgehead atoms. The molecule has 0 spiro atoms. The van der Waals surface area contributed by atoms with Crippen molar-refractivity contribution in [3.05, 3.63) is 23.9 Å². The lowest BCUT2D eigenvalue weighted by atomic mass is 9.82. The Labute approximate surface area is 296 Å². The van der Waals surface area contributed by atoms with Crippen molar-refractivity contribution >= 4 is 29.0 Å². The molecule has 3 heterocycles. The number of benzene rings is 1. The van der Waals surface area contributed by atoms with Crippen molar-refractivity contribution in [2.24, 2.45) is 35.0 Å². The summed E-state index contributed by atoms with van der Waals surface area (Å²) in [5.74, 6) is 1.26. The third-order valence-corrected chi connectivity index (χ3v) is 11.4. The highest BCUT2D eigenvalue weighted by atomic mass is 16.6. The number of hydrogen-bond donors (Lipinski definition) is 1. The van der Waals surface area contributed by atoms with E-state index in [-0.39, 0.29) is 37.0 Å². The Hall–Kier alpha value is -3.63. The van der Waals surface area contributed by atoms with Crippen LogP contribution >= 0.6 is 0 Å². The highest BCUT2D eigenvalue weighted by Gasteiger charge is 2.53. The zero-order chi connectivity index (χ0) is 35.7. The molecule has 50 heavy (non-hydrogen) atoms. The molecule has 274 valence electrons. The fraction of sp³-hybridized carbons (Fsp3) is 0.718. The molecule has 1 saturated heterocycles. The quantitative estimate of drug-likeness (QED) is 0.350. The number of ether oxygens (including phenoxy) is 4. The smallest absolute Gasteiger partial charge is 0.408 e. The first-order chi connectivity index (χ1) is 23.9. The summed E-state index contributed by atoms with van der Waals surface area (Å²) in [6.07, 6.45) is 7.26. The molecule has 4 aliphatic rings. The molecular formula is C39H56N4O7. The molecule has 11 nitrogen and oxygen atoms in total. The fourth-order valence-electron chi connectivity index (χ4n) is 8.81. The number of fused-ring (bicyclic) bond motifs is 9. The average Bonchev–Trinajstić information content (AvgIpc) is 3.78. The summed E-state index contributed by atoms with van der Waals surface area (Å²) in [6, 6.07) is 3.80. The summed E-state index contributed by atoms with van der Waals surface area (Å²) in [6.45, 7) is 12.1. The molecule has 2 aliphatic heterocycles. The van der Waals surface area contributed by atoms with Crippen molar-refractivity contribution in [2.75, 3.05) is 20.3 Å². The number of rotatable bonds is 5. The predicted molar refractivity (Wildman–Crippen MR) is 189 cm³/mol. The van der Waals surface area contributed by atoms with Crippen molar-refractivity contribution in [2.45, 2.75) is 124 Å². The molecule has 1 N–H and O–H groups in total. The average molecular weight is 693 g/mol. The number of amides is 2. The minimum absolute atomic E-state index is 0.125. The minimum atomic E-state index is -0.939. The number of nitrogens with zero attached hydrogens (tertiary/aromatic N) is 3. The maximum atomic E-state index is 14.7. The van der Waals surface area contributed by atoms with E-state index in [4.69, 9.17) is 28.9 Å². The van der Waals surface area contributed by atoms with Crippen LogP contribution in [0.5, 0.6) is 11.6 Å². The molecule has 11 heteroatoms. The van der Waals surface area contributed by atoms with E-state index in [1.165, 1.54) is 6.42 Å². The second-order valence-corrected chi connectivity index (χ2v) is 16.4. The first-order valence-corrected chi connectivity index (χ1v) is 18.8. The third-order valence-electron chi connectivity index (χ3n) is 11.4. The summed E-state index contributed by atoms with van der Waals surface area (Å²) >= 11 is 0. The van der Waals surface area contributed by atoms with E-state index >= 15 is 0 Å². The Balaban J connectivity index is 1.40. The van der Waals surface area contributed by atoms with Crippen molar-refractivity contribution in [3.63, 3.8) is 0 Å². The van der Waals surface area contributed by atoms with Gasteiger partial charge in [-0.25, -0.2) is 19.6 Å². The number of carbonyl (C=O) groups excluding carboxylic acids is 3. The van der Waals surface area contributed by atoms with Gasteiger partial charge in [-0.05, 0) is 86.2 Å². The van der Waals surface area contributed by atoms with E-state index in [0.717, 1.165) is 49.7 Å². The van der Waals surface area contributed by atoms with E-state index in [0.29, 0.717) is 47.7 Å². The number of hydrogen-bond acceptors (Lipinski definition) is 9. The largest absolute Gasteiger partial charge is 0.497 e. The number of aryl methyl sites for hydroxylation is 1. The van der Waals surface area contributed by atoms with Crippen LogP contribution in [-0.2, 0) is 25.5 Å². The molecule has 2 amide bonds. The topological polar surface area (TPSA) is 129 Å². The number of esters is 1. The number of carbonyl (C=O) groups is 3. The first-order valence-electron chi connectivity index (χ1n) is 18.8. The molecule has 1 aromatic heterocycles. The predicted octanol–water partition coefficient (Wildman–Crippen LogP) is 6.49. The molecule has 2 aliphatic carbocycles. The molecule has 2 saturated carbocycles. The van der Waals surface area contributed by atoms with Crippen LogP contribution in [0.1, 0.15) is 98.6 Å². The summed E-state index contributed by atoms with van der Waals surface area (Å²) in [5.41, 5.74) is 1.50. The van der Waals surface area contributed by atoms with Gasteiger partial charge in [0, 0.05) is 12.0 Å². The molecule has 8 unspecified atom stereocenters. The Bertz CT molecular complexity index is 1560. The van der Waals surface area contributed by atoms with Gasteiger partial charge in [0.25, 0.3) is 0 Å². The summed E-state index contributed by atoms with van der Waals surface area (Å²) < 4.78 is 24.3. The number of methoxy groups -OCH3 is 1. The van der Waals surface area contributed by atoms with Crippen LogP contribution in [0.15, 0.2) is 18.2 Å². The zero-order valence-electron chi connectivity index (χ0n) is 30.9. The molecule has 2 aromatic rings. The van der Waals surface area contributed by atoms with Crippen LogP contribution in [0.4, 0.5) is 4.79 Å². The van der Waals surface area contributed by atoms with Crippen LogP contribution in [0.3, 0.4) is 0 Å². The molecule has 8 atom stereocenters. The van der Waals surface area contributed by atoms with Gasteiger partial charge in [-0.1, -0.05) is 54.4 Å². The zero-order valence-corrected chi connectivity index (χ0v) is 30.9. The monoisotopic (exact) mass is 692 g/mol. The van der Waals surface area contributed by atoms with Gasteiger partial charge < -0.3 is 29.2 Å². The lowest BCUT2D eigenvalue weighted by Gasteiger charge is -2.36. The SMILES string of the molecule is CCC1C2CN(C(=O)C(C(C)(C)C)NC(=O)OC3C4CCC(C4)C3CCCCCc3nc4ccc(OC)cc4nc3O2)C1C(=O)OCC(C)C. The van der Waals surface area contributed by atoms with Crippen LogP contribution in [0, 0.1) is 35.0 Å². The number of alkyl carbamates (subject to hydrolysis) is 1. The van der Waals surface area contributed by atoms with E-state index in [1.807, 2.05) is 59.7 Å². The van der Waals surface area contributed by atoms with E-state index in [1.54, 1.807) is 12.0 Å². The number of nitrogens with one attached hydrogen (secondary N) is 1. The van der Waals surface area contributed by atoms with Gasteiger partial charge in [0.2, 0.25) is 11.8 Å². The summed E-state index contributed by atoms with van der Waals surface area (Å²) in [4.78, 5) is 53.8. The molecule has 0 radical (unpaired) electrons. The van der Waals surface area contributed by atoms with Crippen molar-refractivity contribution in [3.8, 4) is 11.6 Å². The fourth-order valence-corrected chi connectivity index (χ4v) is 8.81. The molecule has 1 aromatic carbocycles. The lowest BCUT2D eigenvalue weighted by Crippen LogP contribution is -2.58. The number of aromatic nitrogens is 2. The first kappa shape index (κ1) is 36.2. The van der Waals surface area contributed by atoms with E-state index < -0.39 is 35.7 Å². The van der Waals surface area contributed by atoms with Gasteiger partial charge in [0.15, 0.2) is 0 Å². The highest BCUT2D eigenvalue weighted by molar-refractivity contribution is 5.91. The van der Waals surface area contributed by atoms with Crippen LogP contribution in [-0.4, -0.2) is 77.4 Å². The third kappa shape index (κ3) is 7.52. The van der Waals surface area contributed by atoms with Gasteiger partial charge in [0.1, 0.15) is 35.7 Å². The normalized spacial score (nSPS) is 30.5. The second kappa shape index (κ2) is 14.9. The van der Waals surface area contributed by atoms with E-state index in [2.05, 4.69) is 5.32 Å². The molecule has 3 fully saturated rings.